The van der Waals surface area contributed by atoms with Crippen LogP contribution in [-0.2, 0) is 19.1 Å². The van der Waals surface area contributed by atoms with E-state index in [9.17, 15) is 9.59 Å². The number of esters is 2. The van der Waals surface area contributed by atoms with Crippen LogP contribution >= 0.6 is 0 Å². The molecule has 38 heavy (non-hydrogen) atoms. The maximum atomic E-state index is 11.7. The predicted octanol–water partition coefficient (Wildman–Crippen LogP) is 5.03. The lowest BCUT2D eigenvalue weighted by Crippen LogP contribution is -2.12. The van der Waals surface area contributed by atoms with Gasteiger partial charge in [-0.2, -0.15) is 20.4 Å². The average molecular weight is 511 g/mol. The molecule has 0 N–H and O–H groups in total. The van der Waals surface area contributed by atoms with Crippen LogP contribution in [0.5, 0.6) is 0 Å². The van der Waals surface area contributed by atoms with Gasteiger partial charge in [0.1, 0.15) is 0 Å². The van der Waals surface area contributed by atoms with Crippen molar-refractivity contribution < 1.29 is 19.1 Å². The molecule has 2 heterocycles. The van der Waals surface area contributed by atoms with Gasteiger partial charge in [0, 0.05) is 23.8 Å². The second-order valence-corrected chi connectivity index (χ2v) is 7.96. The third kappa shape index (κ3) is 8.74. The largest absolute Gasteiger partial charge is 0.466 e. The van der Waals surface area contributed by atoms with Crippen molar-refractivity contribution in [2.24, 2.45) is 0 Å². The van der Waals surface area contributed by atoms with Crippen molar-refractivity contribution in [3.05, 3.63) is 126 Å². The zero-order valence-electron chi connectivity index (χ0n) is 21.4. The Bertz CT molecular complexity index is 1200. The summed E-state index contributed by atoms with van der Waals surface area (Å²) in [5.41, 5.74) is 4.57. The van der Waals surface area contributed by atoms with E-state index in [0.29, 0.717) is 19.6 Å². The van der Waals surface area contributed by atoms with Gasteiger partial charge in [0.05, 0.1) is 38.2 Å². The first-order valence-electron chi connectivity index (χ1n) is 12.3. The van der Waals surface area contributed by atoms with E-state index in [-0.39, 0.29) is 17.9 Å². The van der Waals surface area contributed by atoms with Crippen LogP contribution in [-0.4, -0.2) is 45.5 Å². The number of ether oxygens (including phenoxy) is 2. The van der Waals surface area contributed by atoms with Crippen molar-refractivity contribution in [3.8, 4) is 0 Å². The first-order valence-corrected chi connectivity index (χ1v) is 12.3. The maximum absolute atomic E-state index is 11.7. The van der Waals surface area contributed by atoms with Crippen molar-refractivity contribution in [2.75, 3.05) is 13.2 Å². The summed E-state index contributed by atoms with van der Waals surface area (Å²) in [6.45, 7) is 4.34. The standard InChI is InChI=1S/C15H16N2O2.C15H14N2O2/c2*1-2-19-15(18)10-14(12-6-4-3-5-7-12)13-8-9-16-17-11-13/h3-9,11,14H,2,10H2,1H3;3-11H,2H2,1H3/b;14-10+. The molecule has 1 unspecified atom stereocenters. The second-order valence-electron chi connectivity index (χ2n) is 7.96. The van der Waals surface area contributed by atoms with Gasteiger partial charge in [0.15, 0.2) is 0 Å². The van der Waals surface area contributed by atoms with Gasteiger partial charge in [0.25, 0.3) is 0 Å². The lowest BCUT2D eigenvalue weighted by atomic mass is 9.90. The molecule has 0 aliphatic carbocycles. The highest BCUT2D eigenvalue weighted by Crippen LogP contribution is 2.27. The molecule has 0 saturated carbocycles. The fraction of sp³-hybridized carbons (Fsp3) is 0.200. The number of aromatic nitrogens is 4. The first kappa shape index (κ1) is 27.9. The van der Waals surface area contributed by atoms with Gasteiger partial charge < -0.3 is 9.47 Å². The molecule has 0 fully saturated rings. The summed E-state index contributed by atoms with van der Waals surface area (Å²) in [5, 5.41) is 15.2. The van der Waals surface area contributed by atoms with Crippen LogP contribution in [0, 0.1) is 0 Å². The Hall–Kier alpha value is -4.72. The van der Waals surface area contributed by atoms with Crippen LogP contribution < -0.4 is 0 Å². The molecule has 0 aliphatic heterocycles. The highest BCUT2D eigenvalue weighted by Gasteiger charge is 2.19. The van der Waals surface area contributed by atoms with Gasteiger partial charge in [-0.25, -0.2) is 4.79 Å². The van der Waals surface area contributed by atoms with E-state index >= 15 is 0 Å². The van der Waals surface area contributed by atoms with Crippen molar-refractivity contribution in [2.45, 2.75) is 26.2 Å². The molecule has 4 aromatic rings. The molecular formula is C30H30N4O4. The van der Waals surface area contributed by atoms with Gasteiger partial charge in [-0.05, 0) is 48.2 Å². The minimum absolute atomic E-state index is 0.0456. The van der Waals surface area contributed by atoms with E-state index < -0.39 is 0 Å². The molecule has 0 radical (unpaired) electrons. The Labute approximate surface area is 222 Å². The molecule has 0 spiro atoms. The van der Waals surface area contributed by atoms with Gasteiger partial charge in [-0.3, -0.25) is 4.79 Å². The fourth-order valence-electron chi connectivity index (χ4n) is 3.71. The number of nitrogens with zero attached hydrogens (tertiary/aromatic N) is 4. The average Bonchev–Trinajstić information content (AvgIpc) is 2.97. The smallest absolute Gasteiger partial charge is 0.331 e. The monoisotopic (exact) mass is 510 g/mol. The zero-order chi connectivity index (χ0) is 27.0. The van der Waals surface area contributed by atoms with Gasteiger partial charge in [-0.15, -0.1) is 0 Å². The molecule has 0 amide bonds. The highest BCUT2D eigenvalue weighted by atomic mass is 16.5. The number of hydrogen-bond acceptors (Lipinski definition) is 8. The Balaban J connectivity index is 0.000000211. The summed E-state index contributed by atoms with van der Waals surface area (Å²) in [6.07, 6.45) is 8.34. The Morgan fingerprint density at radius 3 is 1.92 bits per heavy atom. The van der Waals surface area contributed by atoms with E-state index in [1.165, 1.54) is 6.08 Å². The molecular weight excluding hydrogens is 480 g/mol. The van der Waals surface area contributed by atoms with Crippen molar-refractivity contribution >= 4 is 17.5 Å². The second kappa shape index (κ2) is 15.4. The molecule has 2 aromatic carbocycles. The van der Waals surface area contributed by atoms with Crippen LogP contribution in [0.1, 0.15) is 48.4 Å². The fourth-order valence-corrected chi connectivity index (χ4v) is 3.71. The number of carbonyl (C=O) groups excluding carboxylic acids is 2. The Kier molecular flexibility index (Phi) is 11.3. The summed E-state index contributed by atoms with van der Waals surface area (Å²) >= 11 is 0. The zero-order valence-corrected chi connectivity index (χ0v) is 21.4. The number of rotatable bonds is 9. The van der Waals surface area contributed by atoms with Crippen LogP contribution in [0.15, 0.2) is 104 Å². The third-order valence-corrected chi connectivity index (χ3v) is 5.42. The van der Waals surface area contributed by atoms with E-state index in [1.807, 2.05) is 79.7 Å². The molecule has 1 atom stereocenters. The molecule has 8 heteroatoms. The molecule has 4 rings (SSSR count). The molecule has 8 nitrogen and oxygen atoms in total. The van der Waals surface area contributed by atoms with E-state index in [1.54, 1.807) is 31.7 Å². The van der Waals surface area contributed by atoms with E-state index in [2.05, 4.69) is 20.4 Å². The summed E-state index contributed by atoms with van der Waals surface area (Å²) in [6, 6.07) is 23.2. The SMILES string of the molecule is CCOC(=O)/C=C(\c1ccccc1)c1ccnnc1.CCOC(=O)CC(c1ccccc1)c1ccnnc1. The van der Waals surface area contributed by atoms with Crippen molar-refractivity contribution in [3.63, 3.8) is 0 Å². The normalized spacial score (nSPS) is 11.5. The van der Waals surface area contributed by atoms with Gasteiger partial charge >= 0.3 is 11.9 Å². The molecule has 0 aliphatic rings. The molecule has 194 valence electrons. The molecule has 0 bridgehead atoms. The Morgan fingerprint density at radius 1 is 0.711 bits per heavy atom. The topological polar surface area (TPSA) is 104 Å². The first-order chi connectivity index (χ1) is 18.6. The lowest BCUT2D eigenvalue weighted by molar-refractivity contribution is -0.143. The lowest BCUT2D eigenvalue weighted by Gasteiger charge is -2.16. The minimum Gasteiger partial charge on any atom is -0.466 e. The van der Waals surface area contributed by atoms with Crippen LogP contribution in [0.25, 0.3) is 5.57 Å². The summed E-state index contributed by atoms with van der Waals surface area (Å²) < 4.78 is 10.0. The van der Waals surface area contributed by atoms with E-state index in [0.717, 1.165) is 27.8 Å². The van der Waals surface area contributed by atoms with Crippen molar-refractivity contribution in [1.29, 1.82) is 0 Å². The van der Waals surface area contributed by atoms with Crippen LogP contribution in [0.4, 0.5) is 0 Å². The minimum atomic E-state index is -0.363. The van der Waals surface area contributed by atoms with Crippen molar-refractivity contribution in [1.82, 2.24) is 20.4 Å². The van der Waals surface area contributed by atoms with Gasteiger partial charge in [-0.1, -0.05) is 60.7 Å². The quantitative estimate of drug-likeness (QED) is 0.228. The Morgan fingerprint density at radius 2 is 1.34 bits per heavy atom. The summed E-state index contributed by atoms with van der Waals surface area (Å²) in [5.74, 6) is -0.609. The van der Waals surface area contributed by atoms with Gasteiger partial charge in [0.2, 0.25) is 0 Å². The summed E-state index contributed by atoms with van der Waals surface area (Å²) in [4.78, 5) is 23.4. The molecule has 0 saturated heterocycles. The van der Waals surface area contributed by atoms with E-state index in [4.69, 9.17) is 9.47 Å². The maximum Gasteiger partial charge on any atom is 0.331 e. The summed E-state index contributed by atoms with van der Waals surface area (Å²) in [7, 11) is 0. The van der Waals surface area contributed by atoms with Crippen LogP contribution in [0.2, 0.25) is 0 Å². The number of benzene rings is 2. The highest BCUT2D eigenvalue weighted by molar-refractivity contribution is 5.96. The van der Waals surface area contributed by atoms with Crippen LogP contribution in [0.3, 0.4) is 0 Å². The number of hydrogen-bond donors (Lipinski definition) is 0. The number of carbonyl (C=O) groups is 2. The molecule has 2 aromatic heterocycles. The predicted molar refractivity (Wildman–Crippen MR) is 144 cm³/mol. The third-order valence-electron chi connectivity index (χ3n) is 5.42.